The van der Waals surface area contributed by atoms with Crippen molar-refractivity contribution in [3.8, 4) is 0 Å². The highest BCUT2D eigenvalue weighted by atomic mass is 28.4. The molecule has 3 aliphatic rings. The lowest BCUT2D eigenvalue weighted by Gasteiger charge is -2.39. The molecule has 18 heavy (non-hydrogen) atoms. The Labute approximate surface area is 109 Å². The standard InChI is InChI=1S/C13H23NO3Si/c1-7(2)18(8(3)4)12-10-9(17-18)5-6-14(10)13(16)11(12)15/h7-12,15H,5-6H2,1-4H3/t9-,10-,11-,12-/m1/s1. The monoisotopic (exact) mass is 269 g/mol. The Morgan fingerprint density at radius 2 is 1.94 bits per heavy atom. The van der Waals surface area contributed by atoms with E-state index in [1.165, 1.54) is 0 Å². The Morgan fingerprint density at radius 3 is 2.50 bits per heavy atom. The third-order valence-electron chi connectivity index (χ3n) is 5.32. The van der Waals surface area contributed by atoms with Crippen LogP contribution in [0.3, 0.4) is 0 Å². The Bertz CT molecular complexity index is 376. The summed E-state index contributed by atoms with van der Waals surface area (Å²) in [6.07, 6.45) is 0.331. The van der Waals surface area contributed by atoms with Crippen LogP contribution in [0.15, 0.2) is 0 Å². The number of hydrogen-bond acceptors (Lipinski definition) is 3. The molecule has 0 spiro atoms. The highest BCUT2D eigenvalue weighted by Crippen LogP contribution is 2.58. The number of hydrogen-bond donors (Lipinski definition) is 1. The molecule has 0 aromatic rings. The smallest absolute Gasteiger partial charge is 0.251 e. The summed E-state index contributed by atoms with van der Waals surface area (Å²) in [7, 11) is -2.09. The molecule has 0 unspecified atom stereocenters. The molecule has 0 saturated carbocycles. The number of rotatable bonds is 2. The first-order valence-corrected chi connectivity index (χ1v) is 9.21. The van der Waals surface area contributed by atoms with Crippen molar-refractivity contribution in [3.05, 3.63) is 0 Å². The molecule has 1 amide bonds. The summed E-state index contributed by atoms with van der Waals surface area (Å²) in [5.74, 6) is -0.0472. The van der Waals surface area contributed by atoms with E-state index in [2.05, 4.69) is 27.7 Å². The van der Waals surface area contributed by atoms with Crippen LogP contribution in [0.2, 0.25) is 16.6 Å². The molecule has 4 atom stereocenters. The third-order valence-corrected chi connectivity index (χ3v) is 11.3. The predicted octanol–water partition coefficient (Wildman–Crippen LogP) is 1.50. The predicted molar refractivity (Wildman–Crippen MR) is 70.7 cm³/mol. The molecule has 4 nitrogen and oxygen atoms in total. The van der Waals surface area contributed by atoms with Gasteiger partial charge in [0.15, 0.2) is 0 Å². The molecule has 5 heteroatoms. The number of aliphatic hydroxyl groups is 1. The van der Waals surface area contributed by atoms with Gasteiger partial charge in [-0.25, -0.2) is 0 Å². The van der Waals surface area contributed by atoms with Crippen molar-refractivity contribution in [2.75, 3.05) is 6.54 Å². The van der Waals surface area contributed by atoms with Crippen molar-refractivity contribution in [2.24, 2.45) is 0 Å². The average Bonchev–Trinajstić information content (AvgIpc) is 2.88. The van der Waals surface area contributed by atoms with Crippen LogP contribution in [-0.2, 0) is 9.22 Å². The van der Waals surface area contributed by atoms with Gasteiger partial charge in [0.05, 0.1) is 12.1 Å². The lowest BCUT2D eigenvalue weighted by atomic mass is 10.1. The lowest BCUT2D eigenvalue weighted by Crippen LogP contribution is -2.49. The summed E-state index contributed by atoms with van der Waals surface area (Å²) in [5.41, 5.74) is 0.962. The van der Waals surface area contributed by atoms with Crippen LogP contribution in [0.25, 0.3) is 0 Å². The second-order valence-electron chi connectivity index (χ2n) is 6.60. The van der Waals surface area contributed by atoms with Crippen LogP contribution in [0.4, 0.5) is 0 Å². The third kappa shape index (κ3) is 1.25. The van der Waals surface area contributed by atoms with Gasteiger partial charge in [0, 0.05) is 12.1 Å². The molecular formula is C13H23NO3Si. The maximum atomic E-state index is 12.2. The van der Waals surface area contributed by atoms with Crippen LogP contribution in [0, 0.1) is 0 Å². The van der Waals surface area contributed by atoms with Crippen molar-refractivity contribution in [1.29, 1.82) is 0 Å². The van der Waals surface area contributed by atoms with E-state index in [1.807, 2.05) is 4.90 Å². The van der Waals surface area contributed by atoms with E-state index in [1.54, 1.807) is 0 Å². The van der Waals surface area contributed by atoms with Gasteiger partial charge < -0.3 is 14.4 Å². The van der Waals surface area contributed by atoms with Crippen LogP contribution in [0.1, 0.15) is 34.1 Å². The normalized spacial score (nSPS) is 41.3. The number of aliphatic hydroxyl groups excluding tert-OH is 1. The molecule has 3 heterocycles. The van der Waals surface area contributed by atoms with Gasteiger partial charge in [0.2, 0.25) is 8.32 Å². The van der Waals surface area contributed by atoms with Gasteiger partial charge in [-0.1, -0.05) is 27.7 Å². The van der Waals surface area contributed by atoms with Crippen molar-refractivity contribution < 1.29 is 14.3 Å². The van der Waals surface area contributed by atoms with Crippen molar-refractivity contribution in [3.63, 3.8) is 0 Å². The van der Waals surface area contributed by atoms with E-state index in [-0.39, 0.29) is 23.6 Å². The van der Waals surface area contributed by atoms with Crippen LogP contribution < -0.4 is 0 Å². The zero-order valence-electron chi connectivity index (χ0n) is 11.6. The van der Waals surface area contributed by atoms with Gasteiger partial charge >= 0.3 is 0 Å². The number of amides is 1. The second kappa shape index (κ2) is 3.80. The SMILES string of the molecule is CC(C)[Si]1(C(C)C)O[C@@H]2CCN3C(=O)[C@H](O)[C@H]1[C@@H]23. The van der Waals surface area contributed by atoms with E-state index < -0.39 is 14.4 Å². The maximum absolute atomic E-state index is 12.2. The quantitative estimate of drug-likeness (QED) is 0.773. The highest BCUT2D eigenvalue weighted by Gasteiger charge is 2.70. The molecule has 0 bridgehead atoms. The first kappa shape index (κ1) is 12.6. The van der Waals surface area contributed by atoms with Gasteiger partial charge in [0.25, 0.3) is 5.91 Å². The van der Waals surface area contributed by atoms with E-state index in [0.717, 1.165) is 13.0 Å². The zero-order chi connectivity index (χ0) is 13.2. The fraction of sp³-hybridized carbons (Fsp3) is 0.923. The number of nitrogens with zero attached hydrogens (tertiary/aromatic N) is 1. The minimum absolute atomic E-state index is 0.0472. The molecule has 3 fully saturated rings. The minimum Gasteiger partial charge on any atom is -0.411 e. The first-order chi connectivity index (χ1) is 8.41. The van der Waals surface area contributed by atoms with Gasteiger partial charge in [0.1, 0.15) is 6.10 Å². The largest absolute Gasteiger partial charge is 0.411 e. The lowest BCUT2D eigenvalue weighted by molar-refractivity contribution is -0.134. The molecule has 0 aromatic carbocycles. The van der Waals surface area contributed by atoms with E-state index in [0.29, 0.717) is 11.1 Å². The van der Waals surface area contributed by atoms with Crippen molar-refractivity contribution >= 4 is 14.2 Å². The molecule has 0 aliphatic carbocycles. The maximum Gasteiger partial charge on any atom is 0.251 e. The van der Waals surface area contributed by atoms with E-state index >= 15 is 0 Å². The fourth-order valence-electron chi connectivity index (χ4n) is 4.67. The topological polar surface area (TPSA) is 49.8 Å². The molecule has 3 rings (SSSR count). The Kier molecular flexibility index (Phi) is 2.67. The summed E-state index contributed by atoms with van der Waals surface area (Å²) in [6, 6.07) is 0.170. The van der Waals surface area contributed by atoms with Crippen LogP contribution >= 0.6 is 0 Å². The molecular weight excluding hydrogens is 246 g/mol. The Morgan fingerprint density at radius 1 is 1.33 bits per heavy atom. The van der Waals surface area contributed by atoms with Gasteiger partial charge in [-0.3, -0.25) is 4.79 Å². The minimum atomic E-state index is -2.09. The molecule has 3 aliphatic heterocycles. The summed E-state index contributed by atoms with van der Waals surface area (Å²) in [5, 5.41) is 10.4. The highest BCUT2D eigenvalue weighted by molar-refractivity contribution is 6.79. The van der Waals surface area contributed by atoms with Crippen LogP contribution in [-0.4, -0.2) is 49.0 Å². The van der Waals surface area contributed by atoms with Gasteiger partial charge in [-0.15, -0.1) is 0 Å². The summed E-state index contributed by atoms with van der Waals surface area (Å²) in [4.78, 5) is 14.0. The fourth-order valence-corrected chi connectivity index (χ4v) is 10.6. The second-order valence-corrected chi connectivity index (χ2v) is 11.5. The van der Waals surface area contributed by atoms with E-state index in [9.17, 15) is 9.90 Å². The molecule has 0 radical (unpaired) electrons. The van der Waals surface area contributed by atoms with Crippen molar-refractivity contribution in [1.82, 2.24) is 4.90 Å². The molecule has 1 N–H and O–H groups in total. The Balaban J connectivity index is 2.07. The Hall–Kier alpha value is -0.393. The first-order valence-electron chi connectivity index (χ1n) is 7.07. The summed E-state index contributed by atoms with van der Waals surface area (Å²) < 4.78 is 6.53. The summed E-state index contributed by atoms with van der Waals surface area (Å²) >= 11 is 0. The molecule has 3 saturated heterocycles. The zero-order valence-corrected chi connectivity index (χ0v) is 12.6. The summed E-state index contributed by atoms with van der Waals surface area (Å²) in [6.45, 7) is 9.57. The van der Waals surface area contributed by atoms with Crippen LogP contribution in [0.5, 0.6) is 0 Å². The number of carbonyl (C=O) groups is 1. The van der Waals surface area contributed by atoms with Gasteiger partial charge in [-0.05, 0) is 17.5 Å². The van der Waals surface area contributed by atoms with Gasteiger partial charge in [-0.2, -0.15) is 0 Å². The molecule has 102 valence electrons. The number of carbonyl (C=O) groups excluding carboxylic acids is 1. The average molecular weight is 269 g/mol. The molecule has 0 aromatic heterocycles. The van der Waals surface area contributed by atoms with Crippen molar-refractivity contribution in [2.45, 2.75) is 69.0 Å². The van der Waals surface area contributed by atoms with E-state index in [4.69, 9.17) is 4.43 Å².